The number of carbonyl (C=O) groups is 3. The van der Waals surface area contributed by atoms with E-state index in [4.69, 9.17) is 0 Å². The summed E-state index contributed by atoms with van der Waals surface area (Å²) in [6, 6.07) is 6.35. The summed E-state index contributed by atoms with van der Waals surface area (Å²) in [5.41, 5.74) is 3.20. The molecule has 0 bridgehead atoms. The Labute approximate surface area is 230 Å². The number of unbranched alkanes of at least 4 members (excludes halogenated alkanes) is 1. The van der Waals surface area contributed by atoms with Gasteiger partial charge in [-0.2, -0.15) is 0 Å². The van der Waals surface area contributed by atoms with Crippen LogP contribution in [-0.4, -0.2) is 41.1 Å². The number of carbonyl (C=O) groups excluding carboxylic acids is 3. The fourth-order valence-corrected chi connectivity index (χ4v) is 8.35. The minimum atomic E-state index is -0.274. The summed E-state index contributed by atoms with van der Waals surface area (Å²) in [7, 11) is 1.89. The molecule has 0 aliphatic heterocycles. The maximum atomic E-state index is 13.3. The minimum Gasteiger partial charge on any atom is -0.342 e. The van der Waals surface area contributed by atoms with Gasteiger partial charge in [-0.05, 0) is 92.4 Å². The van der Waals surface area contributed by atoms with E-state index in [9.17, 15) is 14.4 Å². The van der Waals surface area contributed by atoms with E-state index in [1.165, 1.54) is 22.5 Å². The Morgan fingerprint density at radius 3 is 2.82 bits per heavy atom. The number of benzene rings is 1. The number of fused-ring (bicyclic) bond motifs is 5. The van der Waals surface area contributed by atoms with Crippen LogP contribution < -0.4 is 5.32 Å². The molecule has 2 fully saturated rings. The summed E-state index contributed by atoms with van der Waals surface area (Å²) in [4.78, 5) is 46.1. The Kier molecular flexibility index (Phi) is 7.77. The molecule has 3 aliphatic carbocycles. The van der Waals surface area contributed by atoms with Crippen molar-refractivity contribution in [1.82, 2.24) is 9.88 Å². The Morgan fingerprint density at radius 1 is 1.26 bits per heavy atom. The van der Waals surface area contributed by atoms with Crippen molar-refractivity contribution in [2.24, 2.45) is 23.2 Å². The van der Waals surface area contributed by atoms with Gasteiger partial charge in [-0.3, -0.25) is 14.4 Å². The van der Waals surface area contributed by atoms with E-state index in [2.05, 4.69) is 36.3 Å². The zero-order valence-electron chi connectivity index (χ0n) is 23.2. The molecule has 2 saturated carbocycles. The predicted octanol–water partition coefficient (Wildman–Crippen LogP) is 6.39. The molecule has 0 spiro atoms. The molecule has 5 atom stereocenters. The van der Waals surface area contributed by atoms with Crippen molar-refractivity contribution in [1.29, 1.82) is 0 Å². The number of aryl methyl sites for hydroxylation is 2. The van der Waals surface area contributed by atoms with Crippen molar-refractivity contribution < 1.29 is 14.4 Å². The predicted molar refractivity (Wildman–Crippen MR) is 152 cm³/mol. The molecule has 6 nitrogen and oxygen atoms in total. The van der Waals surface area contributed by atoms with Gasteiger partial charge in [-0.25, -0.2) is 4.98 Å². The zero-order valence-corrected chi connectivity index (χ0v) is 24.0. The third kappa shape index (κ3) is 5.06. The Balaban J connectivity index is 1.30. The van der Waals surface area contributed by atoms with Crippen molar-refractivity contribution >= 4 is 34.1 Å². The van der Waals surface area contributed by atoms with E-state index in [0.717, 1.165) is 61.9 Å². The second-order valence-corrected chi connectivity index (χ2v) is 13.3. The van der Waals surface area contributed by atoms with Gasteiger partial charge in [0.2, 0.25) is 5.91 Å². The van der Waals surface area contributed by atoms with Crippen molar-refractivity contribution in [2.45, 2.75) is 84.5 Å². The second-order valence-electron chi connectivity index (χ2n) is 12.0. The molecule has 1 aromatic heterocycles. The summed E-state index contributed by atoms with van der Waals surface area (Å²) in [6.07, 6.45) is 9.57. The van der Waals surface area contributed by atoms with Crippen LogP contribution >= 0.6 is 11.3 Å². The molecule has 3 aliphatic rings. The van der Waals surface area contributed by atoms with Crippen molar-refractivity contribution in [2.75, 3.05) is 18.9 Å². The van der Waals surface area contributed by atoms with Gasteiger partial charge >= 0.3 is 0 Å². The third-order valence-electron chi connectivity index (χ3n) is 9.62. The smallest absolute Gasteiger partial charge is 0.253 e. The number of rotatable bonds is 8. The fraction of sp³-hybridized carbons (Fsp3) is 0.613. The van der Waals surface area contributed by atoms with Crippen LogP contribution in [-0.2, 0) is 16.0 Å². The first-order valence-corrected chi connectivity index (χ1v) is 15.2. The number of amides is 2. The summed E-state index contributed by atoms with van der Waals surface area (Å²) in [6.45, 7) is 7.10. The monoisotopic (exact) mass is 535 g/mol. The normalized spacial score (nSPS) is 27.8. The van der Waals surface area contributed by atoms with Gasteiger partial charge in [0, 0.05) is 48.5 Å². The first-order chi connectivity index (χ1) is 18.2. The van der Waals surface area contributed by atoms with Crippen LogP contribution in [0.2, 0.25) is 0 Å². The van der Waals surface area contributed by atoms with Gasteiger partial charge in [0.1, 0.15) is 5.78 Å². The average molecular weight is 536 g/mol. The van der Waals surface area contributed by atoms with Crippen molar-refractivity contribution in [3.63, 3.8) is 0 Å². The number of thiazole rings is 1. The lowest BCUT2D eigenvalue weighted by Crippen LogP contribution is -2.44. The molecular formula is C31H41N3O3S. The number of anilines is 1. The maximum absolute atomic E-state index is 13.3. The van der Waals surface area contributed by atoms with Gasteiger partial charge < -0.3 is 10.2 Å². The standard InChI is InChI=1S/C31H41N3O3S/c1-5-6-15-34(4)29(37)22-8-10-23-20(16-22)7-11-25-24(23)13-14-31(3)26(35)17-21(28(25)31)9-12-27(36)33-30-32-18-19(2)38-30/h8,10,16,18,21,24-25,28H,5-7,9,11-15,17H2,1-4H3,(H,32,33,36)/t21-,24-,25-,28+,31-/m1/s1. The molecule has 38 heavy (non-hydrogen) atoms. The molecule has 1 aromatic carbocycles. The van der Waals surface area contributed by atoms with Gasteiger partial charge in [0.25, 0.3) is 5.91 Å². The van der Waals surface area contributed by atoms with E-state index in [1.807, 2.05) is 24.9 Å². The molecule has 1 heterocycles. The van der Waals surface area contributed by atoms with Crippen LogP contribution in [0.25, 0.3) is 0 Å². The van der Waals surface area contributed by atoms with Crippen LogP contribution in [0.5, 0.6) is 0 Å². The topological polar surface area (TPSA) is 79.4 Å². The molecule has 1 N–H and O–H groups in total. The highest BCUT2D eigenvalue weighted by atomic mass is 32.1. The molecule has 7 heteroatoms. The fourth-order valence-electron chi connectivity index (χ4n) is 7.67. The van der Waals surface area contributed by atoms with Crippen LogP contribution in [0.1, 0.15) is 97.5 Å². The molecule has 5 rings (SSSR count). The van der Waals surface area contributed by atoms with E-state index < -0.39 is 0 Å². The molecule has 0 unspecified atom stereocenters. The summed E-state index contributed by atoms with van der Waals surface area (Å²) in [5, 5.41) is 3.58. The average Bonchev–Trinajstić information content (AvgIpc) is 3.43. The summed E-state index contributed by atoms with van der Waals surface area (Å²) < 4.78 is 0. The summed E-state index contributed by atoms with van der Waals surface area (Å²) >= 11 is 1.49. The highest BCUT2D eigenvalue weighted by molar-refractivity contribution is 7.15. The number of nitrogens with one attached hydrogen (secondary N) is 1. The van der Waals surface area contributed by atoms with Crippen molar-refractivity contribution in [3.8, 4) is 0 Å². The van der Waals surface area contributed by atoms with Gasteiger partial charge in [0.15, 0.2) is 5.13 Å². The molecular weight excluding hydrogens is 494 g/mol. The van der Waals surface area contributed by atoms with E-state index >= 15 is 0 Å². The minimum absolute atomic E-state index is 0.0112. The lowest BCUT2D eigenvalue weighted by molar-refractivity contribution is -0.129. The molecule has 204 valence electrons. The van der Waals surface area contributed by atoms with E-state index in [0.29, 0.717) is 41.5 Å². The lowest BCUT2D eigenvalue weighted by atomic mass is 9.54. The van der Waals surface area contributed by atoms with Crippen LogP contribution in [0.15, 0.2) is 24.4 Å². The molecule has 0 saturated heterocycles. The Hall–Kier alpha value is -2.54. The zero-order chi connectivity index (χ0) is 27.0. The molecule has 2 aromatic rings. The van der Waals surface area contributed by atoms with Gasteiger partial charge in [0.05, 0.1) is 0 Å². The highest BCUT2D eigenvalue weighted by Gasteiger charge is 2.58. The first-order valence-electron chi connectivity index (χ1n) is 14.3. The van der Waals surface area contributed by atoms with E-state index in [1.54, 1.807) is 6.20 Å². The van der Waals surface area contributed by atoms with Crippen LogP contribution in [0.3, 0.4) is 0 Å². The lowest BCUT2D eigenvalue weighted by Gasteiger charge is -2.50. The maximum Gasteiger partial charge on any atom is 0.253 e. The molecule has 0 radical (unpaired) electrons. The number of ketones is 1. The quantitative estimate of drug-likeness (QED) is 0.425. The number of hydrogen-bond acceptors (Lipinski definition) is 5. The SMILES string of the molecule is CCCCN(C)C(=O)c1ccc2c(c1)CC[C@H]1[C@@H]3[C@H](CCC(=O)Nc4ncc(C)s4)CC(=O)[C@@]3(C)CC[C@H]21. The third-order valence-corrected chi connectivity index (χ3v) is 10.4. The van der Waals surface area contributed by atoms with Crippen LogP contribution in [0, 0.1) is 30.1 Å². The van der Waals surface area contributed by atoms with Gasteiger partial charge in [-0.15, -0.1) is 11.3 Å². The van der Waals surface area contributed by atoms with E-state index in [-0.39, 0.29) is 23.1 Å². The number of nitrogens with zero attached hydrogens (tertiary/aromatic N) is 2. The first kappa shape index (κ1) is 27.0. The molecule has 2 amide bonds. The number of aromatic nitrogens is 1. The summed E-state index contributed by atoms with van der Waals surface area (Å²) in [5.74, 6) is 1.94. The number of hydrogen-bond donors (Lipinski definition) is 1. The Morgan fingerprint density at radius 2 is 2.08 bits per heavy atom. The number of Topliss-reactive ketones (excluding diaryl/α,β-unsaturated/α-hetero) is 1. The van der Waals surface area contributed by atoms with Crippen molar-refractivity contribution in [3.05, 3.63) is 46.0 Å². The van der Waals surface area contributed by atoms with Crippen LogP contribution in [0.4, 0.5) is 5.13 Å². The highest BCUT2D eigenvalue weighted by Crippen LogP contribution is 2.62. The largest absolute Gasteiger partial charge is 0.342 e. The Bertz CT molecular complexity index is 1220. The second kappa shape index (κ2) is 10.9. The van der Waals surface area contributed by atoms with Gasteiger partial charge in [-0.1, -0.05) is 26.3 Å².